The topological polar surface area (TPSA) is 106 Å². The van der Waals surface area contributed by atoms with E-state index < -0.39 is 5.97 Å². The van der Waals surface area contributed by atoms with Crippen molar-refractivity contribution in [1.82, 2.24) is 15.5 Å². The van der Waals surface area contributed by atoms with Crippen LogP contribution in [0.3, 0.4) is 0 Å². The summed E-state index contributed by atoms with van der Waals surface area (Å²) in [5.74, 6) is 0.585. The molecule has 0 radical (unpaired) electrons. The van der Waals surface area contributed by atoms with Crippen molar-refractivity contribution in [2.24, 2.45) is 0 Å². The summed E-state index contributed by atoms with van der Waals surface area (Å²) in [6.07, 6.45) is 2.02. The molecular formula is C22H29N3O6. The van der Waals surface area contributed by atoms with Crippen LogP contribution in [0, 0.1) is 0 Å². The van der Waals surface area contributed by atoms with Gasteiger partial charge in [-0.2, -0.15) is 0 Å². The Bertz CT molecular complexity index is 897. The zero-order valence-electron chi connectivity index (χ0n) is 18.3. The third kappa shape index (κ3) is 4.60. The van der Waals surface area contributed by atoms with Gasteiger partial charge >= 0.3 is 12.0 Å². The Morgan fingerprint density at radius 1 is 1.03 bits per heavy atom. The molecule has 1 aromatic rings. The minimum atomic E-state index is -0.439. The fourth-order valence-electron chi connectivity index (χ4n) is 4.39. The van der Waals surface area contributed by atoms with Gasteiger partial charge in [0.2, 0.25) is 5.91 Å². The first-order valence-electron chi connectivity index (χ1n) is 10.3. The number of benzene rings is 1. The Kier molecular flexibility index (Phi) is 7.04. The van der Waals surface area contributed by atoms with Crippen molar-refractivity contribution in [3.05, 3.63) is 29.3 Å². The molecule has 2 heterocycles. The van der Waals surface area contributed by atoms with E-state index in [2.05, 4.69) is 10.6 Å². The summed E-state index contributed by atoms with van der Waals surface area (Å²) >= 11 is 0. The molecule has 31 heavy (non-hydrogen) atoms. The van der Waals surface area contributed by atoms with Crippen LogP contribution in [-0.2, 0) is 14.3 Å². The number of hydrogen-bond donors (Lipinski definition) is 2. The van der Waals surface area contributed by atoms with Crippen LogP contribution in [0.25, 0.3) is 5.57 Å². The van der Waals surface area contributed by atoms with Gasteiger partial charge in [-0.3, -0.25) is 4.79 Å². The quantitative estimate of drug-likeness (QED) is 0.503. The average Bonchev–Trinajstić information content (AvgIpc) is 3.08. The molecule has 0 unspecified atom stereocenters. The van der Waals surface area contributed by atoms with Crippen molar-refractivity contribution < 1.29 is 28.6 Å². The van der Waals surface area contributed by atoms with E-state index in [1.165, 1.54) is 14.0 Å². The number of rotatable bonds is 7. The Labute approximate surface area is 181 Å². The van der Waals surface area contributed by atoms with E-state index in [-0.39, 0.29) is 24.0 Å². The molecule has 1 saturated heterocycles. The van der Waals surface area contributed by atoms with Gasteiger partial charge in [0.1, 0.15) is 0 Å². The molecule has 3 rings (SSSR count). The molecule has 1 aromatic carbocycles. The van der Waals surface area contributed by atoms with E-state index in [9.17, 15) is 14.4 Å². The molecule has 0 spiro atoms. The molecule has 0 aromatic heterocycles. The van der Waals surface area contributed by atoms with Crippen molar-refractivity contribution in [2.75, 3.05) is 34.4 Å². The normalized spacial score (nSPS) is 19.7. The van der Waals surface area contributed by atoms with Crippen molar-refractivity contribution in [3.8, 4) is 11.5 Å². The Morgan fingerprint density at radius 2 is 1.74 bits per heavy atom. The average molecular weight is 431 g/mol. The summed E-state index contributed by atoms with van der Waals surface area (Å²) in [4.78, 5) is 38.4. The maximum atomic E-state index is 12.9. The van der Waals surface area contributed by atoms with Crippen LogP contribution < -0.4 is 20.1 Å². The standard InChI is InChI=1S/C22H29N3O6/c1-13(26)23-9-10-24-22(28)25-15-6-7-17(25)20(21(27)31-4)16(12-15)14-5-8-18(29-2)19(11-14)30-3/h5,8,11,15,17H,6-7,9-10,12H2,1-4H3,(H,23,26)(H,24,28)/t15-,17+/m0/s1. The van der Waals surface area contributed by atoms with E-state index in [0.29, 0.717) is 43.0 Å². The Morgan fingerprint density at radius 3 is 2.39 bits per heavy atom. The first-order chi connectivity index (χ1) is 14.9. The summed E-state index contributed by atoms with van der Waals surface area (Å²) in [6, 6.07) is 4.91. The largest absolute Gasteiger partial charge is 0.493 e. The predicted octanol–water partition coefficient (Wildman–Crippen LogP) is 1.71. The SMILES string of the molecule is COC(=O)C1=C(c2ccc(OC)c(OC)c2)C[C@@H]2CC[C@H]1N2C(=O)NCCNC(C)=O. The first-order valence-corrected chi connectivity index (χ1v) is 10.3. The number of methoxy groups -OCH3 is 3. The highest BCUT2D eigenvalue weighted by atomic mass is 16.5. The number of nitrogens with zero attached hydrogens (tertiary/aromatic N) is 1. The molecule has 9 nitrogen and oxygen atoms in total. The highest BCUT2D eigenvalue weighted by Crippen LogP contribution is 2.44. The summed E-state index contributed by atoms with van der Waals surface area (Å²) in [7, 11) is 4.48. The second kappa shape index (κ2) is 9.72. The van der Waals surface area contributed by atoms with E-state index in [4.69, 9.17) is 14.2 Å². The maximum Gasteiger partial charge on any atom is 0.336 e. The van der Waals surface area contributed by atoms with Gasteiger partial charge in [0.15, 0.2) is 11.5 Å². The summed E-state index contributed by atoms with van der Waals surface area (Å²) in [6.45, 7) is 2.09. The molecule has 168 valence electrons. The third-order valence-electron chi connectivity index (χ3n) is 5.75. The van der Waals surface area contributed by atoms with Crippen molar-refractivity contribution in [2.45, 2.75) is 38.3 Å². The summed E-state index contributed by atoms with van der Waals surface area (Å²) < 4.78 is 15.8. The van der Waals surface area contributed by atoms with Gasteiger partial charge in [-0.1, -0.05) is 6.07 Å². The number of hydrogen-bond acceptors (Lipinski definition) is 6. The number of carbonyl (C=O) groups excluding carboxylic acids is 3. The van der Waals surface area contributed by atoms with E-state index >= 15 is 0 Å². The molecule has 2 bridgehead atoms. The number of amides is 3. The molecule has 9 heteroatoms. The lowest BCUT2D eigenvalue weighted by atomic mass is 9.88. The van der Waals surface area contributed by atoms with Crippen molar-refractivity contribution in [1.29, 1.82) is 0 Å². The zero-order chi connectivity index (χ0) is 22.5. The van der Waals surface area contributed by atoms with Crippen LogP contribution >= 0.6 is 0 Å². The number of carbonyl (C=O) groups is 3. The highest BCUT2D eigenvalue weighted by molar-refractivity contribution is 6.01. The minimum absolute atomic E-state index is 0.0257. The van der Waals surface area contributed by atoms with Gasteiger partial charge in [0, 0.05) is 26.1 Å². The lowest BCUT2D eigenvalue weighted by molar-refractivity contribution is -0.136. The third-order valence-corrected chi connectivity index (χ3v) is 5.75. The number of urea groups is 1. The van der Waals surface area contributed by atoms with E-state index in [1.54, 1.807) is 25.2 Å². The summed E-state index contributed by atoms with van der Waals surface area (Å²) in [5.41, 5.74) is 2.21. The molecule has 2 N–H and O–H groups in total. The number of esters is 1. The van der Waals surface area contributed by atoms with Gasteiger partial charge in [0.25, 0.3) is 0 Å². The van der Waals surface area contributed by atoms with Crippen LogP contribution in [-0.4, -0.2) is 69.3 Å². The fourth-order valence-corrected chi connectivity index (χ4v) is 4.39. The van der Waals surface area contributed by atoms with Crippen LogP contribution in [0.5, 0.6) is 11.5 Å². The molecular weight excluding hydrogens is 402 g/mol. The maximum absolute atomic E-state index is 12.9. The van der Waals surface area contributed by atoms with E-state index in [1.807, 2.05) is 12.1 Å². The predicted molar refractivity (Wildman–Crippen MR) is 114 cm³/mol. The molecule has 2 aliphatic heterocycles. The number of ether oxygens (including phenoxy) is 3. The van der Waals surface area contributed by atoms with Gasteiger partial charge < -0.3 is 29.7 Å². The Hall–Kier alpha value is -3.23. The zero-order valence-corrected chi connectivity index (χ0v) is 18.3. The van der Waals surface area contributed by atoms with Crippen LogP contribution in [0.15, 0.2) is 23.8 Å². The second-order valence-corrected chi connectivity index (χ2v) is 7.53. The molecule has 0 aliphatic carbocycles. The van der Waals surface area contributed by atoms with Crippen molar-refractivity contribution >= 4 is 23.5 Å². The first kappa shape index (κ1) is 22.5. The van der Waals surface area contributed by atoms with Gasteiger partial charge in [-0.05, 0) is 42.5 Å². The minimum Gasteiger partial charge on any atom is -0.493 e. The van der Waals surface area contributed by atoms with Crippen LogP contribution in [0.4, 0.5) is 4.79 Å². The lowest BCUT2D eigenvalue weighted by Gasteiger charge is -2.37. The molecule has 1 fully saturated rings. The molecule has 3 amide bonds. The second-order valence-electron chi connectivity index (χ2n) is 7.53. The van der Waals surface area contributed by atoms with Gasteiger partial charge in [-0.15, -0.1) is 0 Å². The highest BCUT2D eigenvalue weighted by Gasteiger charge is 2.46. The van der Waals surface area contributed by atoms with Gasteiger partial charge in [0.05, 0.1) is 32.9 Å². The summed E-state index contributed by atoms with van der Waals surface area (Å²) in [5, 5.41) is 5.48. The molecule has 0 saturated carbocycles. The number of fused-ring (bicyclic) bond motifs is 2. The monoisotopic (exact) mass is 431 g/mol. The van der Waals surface area contributed by atoms with E-state index in [0.717, 1.165) is 17.6 Å². The molecule has 2 aliphatic rings. The fraction of sp³-hybridized carbons (Fsp3) is 0.500. The van der Waals surface area contributed by atoms with Crippen molar-refractivity contribution in [3.63, 3.8) is 0 Å². The Balaban J connectivity index is 1.90. The smallest absolute Gasteiger partial charge is 0.336 e. The number of nitrogens with one attached hydrogen (secondary N) is 2. The lowest BCUT2D eigenvalue weighted by Crippen LogP contribution is -2.51. The van der Waals surface area contributed by atoms with Crippen LogP contribution in [0.2, 0.25) is 0 Å². The van der Waals surface area contributed by atoms with Gasteiger partial charge in [-0.25, -0.2) is 9.59 Å². The van der Waals surface area contributed by atoms with Crippen LogP contribution in [0.1, 0.15) is 31.7 Å². The molecule has 2 atom stereocenters.